The molecular weight excluding hydrogens is 282 g/mol. The van der Waals surface area contributed by atoms with E-state index >= 15 is 0 Å². The lowest BCUT2D eigenvalue weighted by atomic mass is 10.3. The monoisotopic (exact) mass is 291 g/mol. The van der Waals surface area contributed by atoms with Gasteiger partial charge in [-0.3, -0.25) is 10.1 Å². The second kappa shape index (κ2) is 5.97. The van der Waals surface area contributed by atoms with Gasteiger partial charge in [0.25, 0.3) is 0 Å². The van der Waals surface area contributed by atoms with Gasteiger partial charge in [-0.15, -0.1) is 0 Å². The molecule has 0 saturated carbocycles. The first kappa shape index (κ1) is 12.3. The number of thioether (sulfide) groups is 1. The highest BCUT2D eigenvalue weighted by molar-refractivity contribution is 9.10. The predicted octanol–water partition coefficient (Wildman–Crippen LogP) is 3.10. The van der Waals surface area contributed by atoms with Gasteiger partial charge < -0.3 is 4.74 Å². The Kier molecular flexibility index (Phi) is 4.90. The molecule has 0 radical (unpaired) electrons. The van der Waals surface area contributed by atoms with Gasteiger partial charge in [0.1, 0.15) is 0 Å². The molecule has 15 heavy (non-hydrogen) atoms. The molecule has 0 aliphatic carbocycles. The van der Waals surface area contributed by atoms with Gasteiger partial charge in [-0.05, 0) is 28.3 Å². The molecule has 0 amide bonds. The Morgan fingerprint density at radius 3 is 2.93 bits per heavy atom. The number of nitro benzene ring substituents is 1. The van der Waals surface area contributed by atoms with Crippen molar-refractivity contribution >= 4 is 33.4 Å². The fraction of sp³-hybridized carbons (Fsp3) is 0.333. The number of benzene rings is 1. The Bertz CT molecular complexity index is 359. The number of nitrogens with zero attached hydrogens (tertiary/aromatic N) is 1. The first-order chi connectivity index (χ1) is 7.16. The van der Waals surface area contributed by atoms with E-state index in [9.17, 15) is 10.1 Å². The van der Waals surface area contributed by atoms with Crippen LogP contribution in [0.25, 0.3) is 0 Å². The molecular formula is C9H10BrNO3S. The quantitative estimate of drug-likeness (QED) is 0.475. The average molecular weight is 292 g/mol. The molecule has 1 aromatic rings. The zero-order valence-electron chi connectivity index (χ0n) is 8.10. The number of ether oxygens (including phenoxy) is 1. The van der Waals surface area contributed by atoms with Crippen molar-refractivity contribution in [1.82, 2.24) is 0 Å². The van der Waals surface area contributed by atoms with Gasteiger partial charge in [0, 0.05) is 11.8 Å². The Hall–Kier alpha value is -0.750. The molecule has 1 aromatic carbocycles. The number of hydrogen-bond donors (Lipinski definition) is 0. The minimum atomic E-state index is -0.445. The van der Waals surface area contributed by atoms with Crippen LogP contribution in [0.3, 0.4) is 0 Å². The molecule has 82 valence electrons. The van der Waals surface area contributed by atoms with E-state index in [1.165, 1.54) is 6.07 Å². The topological polar surface area (TPSA) is 52.4 Å². The summed E-state index contributed by atoms with van der Waals surface area (Å²) in [6, 6.07) is 4.77. The predicted molar refractivity (Wildman–Crippen MR) is 64.7 cm³/mol. The van der Waals surface area contributed by atoms with Crippen LogP contribution in [-0.4, -0.2) is 23.5 Å². The lowest BCUT2D eigenvalue weighted by molar-refractivity contribution is -0.385. The van der Waals surface area contributed by atoms with Gasteiger partial charge >= 0.3 is 5.69 Å². The average Bonchev–Trinajstić information content (AvgIpc) is 2.20. The van der Waals surface area contributed by atoms with E-state index in [0.29, 0.717) is 16.8 Å². The zero-order chi connectivity index (χ0) is 11.3. The summed E-state index contributed by atoms with van der Waals surface area (Å²) in [5.74, 6) is 1.11. The Morgan fingerprint density at radius 2 is 2.33 bits per heavy atom. The SMILES string of the molecule is CSCCOc1c(Br)cccc1[N+](=O)[O-]. The number of para-hydroxylation sites is 1. The standard InChI is InChI=1S/C9H10BrNO3S/c1-15-6-5-14-9-7(10)3-2-4-8(9)11(12)13/h2-4H,5-6H2,1H3. The van der Waals surface area contributed by atoms with Crippen molar-refractivity contribution in [2.24, 2.45) is 0 Å². The highest BCUT2D eigenvalue weighted by Gasteiger charge is 2.17. The molecule has 0 saturated heterocycles. The van der Waals surface area contributed by atoms with E-state index in [1.807, 2.05) is 6.26 Å². The fourth-order valence-electron chi connectivity index (χ4n) is 1.01. The number of rotatable bonds is 5. The smallest absolute Gasteiger partial charge is 0.312 e. The normalized spacial score (nSPS) is 10.0. The largest absolute Gasteiger partial charge is 0.485 e. The maximum Gasteiger partial charge on any atom is 0.312 e. The van der Waals surface area contributed by atoms with Crippen LogP contribution in [0.4, 0.5) is 5.69 Å². The summed E-state index contributed by atoms with van der Waals surface area (Å²) in [6.07, 6.45) is 1.96. The van der Waals surface area contributed by atoms with Crippen LogP contribution in [0.1, 0.15) is 0 Å². The summed E-state index contributed by atoms with van der Waals surface area (Å²) < 4.78 is 5.97. The summed E-state index contributed by atoms with van der Waals surface area (Å²) >= 11 is 4.86. The third-order valence-electron chi connectivity index (χ3n) is 1.68. The minimum absolute atomic E-state index is 0.00882. The molecule has 0 unspecified atom stereocenters. The van der Waals surface area contributed by atoms with Crippen LogP contribution in [0.5, 0.6) is 5.75 Å². The molecule has 0 heterocycles. The van der Waals surface area contributed by atoms with Gasteiger partial charge in [-0.2, -0.15) is 11.8 Å². The van der Waals surface area contributed by atoms with Gasteiger partial charge in [0.05, 0.1) is 16.0 Å². The van der Waals surface area contributed by atoms with Gasteiger partial charge in [0.2, 0.25) is 5.75 Å². The van der Waals surface area contributed by atoms with Crippen molar-refractivity contribution in [2.45, 2.75) is 0 Å². The van der Waals surface area contributed by atoms with E-state index in [2.05, 4.69) is 15.9 Å². The Labute approximate surface area is 100 Å². The molecule has 4 nitrogen and oxygen atoms in total. The van der Waals surface area contributed by atoms with E-state index in [0.717, 1.165) is 5.75 Å². The summed E-state index contributed by atoms with van der Waals surface area (Å²) in [5.41, 5.74) is -0.00882. The van der Waals surface area contributed by atoms with Crippen molar-refractivity contribution in [3.63, 3.8) is 0 Å². The van der Waals surface area contributed by atoms with E-state index in [1.54, 1.807) is 23.9 Å². The summed E-state index contributed by atoms with van der Waals surface area (Å²) in [7, 11) is 0. The molecule has 0 bridgehead atoms. The number of halogens is 1. The number of nitro groups is 1. The maximum absolute atomic E-state index is 10.7. The fourth-order valence-corrected chi connectivity index (χ4v) is 1.73. The molecule has 0 N–H and O–H groups in total. The lowest BCUT2D eigenvalue weighted by Crippen LogP contribution is -2.03. The van der Waals surface area contributed by atoms with Crippen molar-refractivity contribution in [1.29, 1.82) is 0 Å². The van der Waals surface area contributed by atoms with Gasteiger partial charge in [-0.1, -0.05) is 6.07 Å². The zero-order valence-corrected chi connectivity index (χ0v) is 10.5. The molecule has 0 fully saturated rings. The van der Waals surface area contributed by atoms with Crippen molar-refractivity contribution in [3.05, 3.63) is 32.8 Å². The van der Waals surface area contributed by atoms with Crippen molar-refractivity contribution < 1.29 is 9.66 Å². The molecule has 0 spiro atoms. The third-order valence-corrected chi connectivity index (χ3v) is 2.88. The molecule has 6 heteroatoms. The van der Waals surface area contributed by atoms with E-state index in [-0.39, 0.29) is 5.69 Å². The number of hydrogen-bond acceptors (Lipinski definition) is 4. The highest BCUT2D eigenvalue weighted by Crippen LogP contribution is 2.34. The van der Waals surface area contributed by atoms with Crippen molar-refractivity contribution in [2.75, 3.05) is 18.6 Å². The van der Waals surface area contributed by atoms with Crippen LogP contribution in [0, 0.1) is 10.1 Å². The second-order valence-electron chi connectivity index (χ2n) is 2.69. The molecule has 0 aliphatic rings. The summed E-state index contributed by atoms with van der Waals surface area (Å²) in [4.78, 5) is 10.3. The van der Waals surface area contributed by atoms with Crippen LogP contribution in [-0.2, 0) is 0 Å². The van der Waals surface area contributed by atoms with Crippen LogP contribution in [0.2, 0.25) is 0 Å². The molecule has 1 rings (SSSR count). The maximum atomic E-state index is 10.7. The van der Waals surface area contributed by atoms with E-state index in [4.69, 9.17) is 4.74 Å². The Balaban J connectivity index is 2.87. The van der Waals surface area contributed by atoms with Crippen LogP contribution >= 0.6 is 27.7 Å². The van der Waals surface area contributed by atoms with Crippen LogP contribution in [0.15, 0.2) is 22.7 Å². The third kappa shape index (κ3) is 3.39. The summed E-state index contributed by atoms with van der Waals surface area (Å²) in [6.45, 7) is 0.463. The van der Waals surface area contributed by atoms with E-state index < -0.39 is 4.92 Å². The summed E-state index contributed by atoms with van der Waals surface area (Å²) in [5, 5.41) is 10.7. The first-order valence-corrected chi connectivity index (χ1v) is 6.40. The van der Waals surface area contributed by atoms with Gasteiger partial charge in [-0.25, -0.2) is 0 Å². The lowest BCUT2D eigenvalue weighted by Gasteiger charge is -2.07. The van der Waals surface area contributed by atoms with Crippen LogP contribution < -0.4 is 4.74 Å². The highest BCUT2D eigenvalue weighted by atomic mass is 79.9. The van der Waals surface area contributed by atoms with Gasteiger partial charge in [0.15, 0.2) is 0 Å². The second-order valence-corrected chi connectivity index (χ2v) is 4.53. The molecule has 0 atom stereocenters. The molecule has 0 aliphatic heterocycles. The Morgan fingerprint density at radius 1 is 1.60 bits per heavy atom. The van der Waals surface area contributed by atoms with Crippen molar-refractivity contribution in [3.8, 4) is 5.75 Å². The first-order valence-electron chi connectivity index (χ1n) is 4.21. The molecule has 0 aromatic heterocycles. The minimum Gasteiger partial charge on any atom is -0.485 e.